The standard InChI is InChI=1S/C15H9BrClF2N3O2S/c16-5-8-9(15(23)24)12(6-1-2-7(18)11(19)10(6)17)22-13(21-8)14-20-3-4-25-14/h1-4,12H,5H2,(H,21,22)(H,23,24)/t12-/m0/s1. The van der Waals surface area contributed by atoms with E-state index in [0.717, 1.165) is 6.07 Å². The third-order valence-corrected chi connectivity index (χ3v) is 5.21. The fourth-order valence-corrected chi connectivity index (χ4v) is 3.67. The van der Waals surface area contributed by atoms with Gasteiger partial charge in [0.2, 0.25) is 0 Å². The Morgan fingerprint density at radius 2 is 2.20 bits per heavy atom. The number of carboxylic acids is 1. The summed E-state index contributed by atoms with van der Waals surface area (Å²) < 4.78 is 27.2. The molecule has 130 valence electrons. The van der Waals surface area contributed by atoms with Crippen molar-refractivity contribution in [2.75, 3.05) is 5.33 Å². The minimum Gasteiger partial charge on any atom is -0.478 e. The number of aliphatic imine (C=N–C) groups is 1. The average Bonchev–Trinajstić information content (AvgIpc) is 3.13. The molecule has 0 saturated heterocycles. The average molecular weight is 449 g/mol. The number of rotatable bonds is 4. The quantitative estimate of drug-likeness (QED) is 0.549. The number of amidine groups is 1. The van der Waals surface area contributed by atoms with E-state index in [2.05, 4.69) is 31.2 Å². The number of carboxylic acid groups (broad SMARTS) is 1. The molecule has 2 aromatic rings. The maximum Gasteiger partial charge on any atom is 0.335 e. The SMILES string of the molecule is O=C(O)C1=C(CBr)NC(c2nccs2)=N[C@H]1c1ccc(F)c(F)c1Cl. The summed E-state index contributed by atoms with van der Waals surface area (Å²) in [4.78, 5) is 20.2. The van der Waals surface area contributed by atoms with Crippen LogP contribution in [0.1, 0.15) is 16.6 Å². The lowest BCUT2D eigenvalue weighted by molar-refractivity contribution is -0.133. The van der Waals surface area contributed by atoms with Gasteiger partial charge in [0.25, 0.3) is 0 Å². The number of benzene rings is 1. The molecule has 2 N–H and O–H groups in total. The van der Waals surface area contributed by atoms with Gasteiger partial charge in [-0.25, -0.2) is 18.6 Å². The van der Waals surface area contributed by atoms with Gasteiger partial charge in [-0.2, -0.15) is 0 Å². The van der Waals surface area contributed by atoms with E-state index in [4.69, 9.17) is 11.6 Å². The zero-order valence-electron chi connectivity index (χ0n) is 12.3. The van der Waals surface area contributed by atoms with Crippen LogP contribution in [-0.2, 0) is 4.79 Å². The van der Waals surface area contributed by atoms with E-state index >= 15 is 0 Å². The number of hydrogen-bond acceptors (Lipinski definition) is 5. The lowest BCUT2D eigenvalue weighted by Crippen LogP contribution is -2.34. The van der Waals surface area contributed by atoms with E-state index in [1.165, 1.54) is 17.4 Å². The van der Waals surface area contributed by atoms with Crippen molar-refractivity contribution in [1.82, 2.24) is 10.3 Å². The predicted octanol–water partition coefficient (Wildman–Crippen LogP) is 3.90. The molecule has 10 heteroatoms. The summed E-state index contributed by atoms with van der Waals surface area (Å²) in [5.41, 5.74) is 0.288. The van der Waals surface area contributed by atoms with Crippen LogP contribution in [0.5, 0.6) is 0 Å². The van der Waals surface area contributed by atoms with Crippen LogP contribution in [0.3, 0.4) is 0 Å². The lowest BCUT2D eigenvalue weighted by Gasteiger charge is -2.25. The highest BCUT2D eigenvalue weighted by molar-refractivity contribution is 9.09. The summed E-state index contributed by atoms with van der Waals surface area (Å²) in [7, 11) is 0. The second-order valence-corrected chi connectivity index (χ2v) is 6.77. The van der Waals surface area contributed by atoms with E-state index in [9.17, 15) is 18.7 Å². The number of nitrogens with one attached hydrogen (secondary N) is 1. The first-order valence-electron chi connectivity index (χ1n) is 6.84. The molecule has 0 fully saturated rings. The number of hydrogen-bond donors (Lipinski definition) is 2. The van der Waals surface area contributed by atoms with E-state index in [1.807, 2.05) is 0 Å². The van der Waals surface area contributed by atoms with Crippen LogP contribution in [0.25, 0.3) is 0 Å². The first-order chi connectivity index (χ1) is 11.9. The zero-order valence-corrected chi connectivity index (χ0v) is 15.4. The highest BCUT2D eigenvalue weighted by Crippen LogP contribution is 2.37. The summed E-state index contributed by atoms with van der Waals surface area (Å²) in [5.74, 6) is -3.27. The molecule has 1 atom stereocenters. The Bertz CT molecular complexity index is 902. The summed E-state index contributed by atoms with van der Waals surface area (Å²) in [5, 5.41) is 14.5. The number of aromatic nitrogens is 1. The number of carbonyl (C=O) groups is 1. The van der Waals surface area contributed by atoms with Crippen LogP contribution >= 0.6 is 38.9 Å². The Balaban J connectivity index is 2.20. The minimum absolute atomic E-state index is 0.0620. The van der Waals surface area contributed by atoms with Crippen LogP contribution < -0.4 is 5.32 Å². The first kappa shape index (κ1) is 18.0. The number of nitrogens with zero attached hydrogens (tertiary/aromatic N) is 2. The normalized spacial score (nSPS) is 17.3. The Morgan fingerprint density at radius 1 is 1.44 bits per heavy atom. The molecule has 25 heavy (non-hydrogen) atoms. The van der Waals surface area contributed by atoms with Crippen LogP contribution in [-0.4, -0.2) is 27.2 Å². The van der Waals surface area contributed by atoms with Gasteiger partial charge in [-0.05, 0) is 6.07 Å². The fourth-order valence-electron chi connectivity index (χ4n) is 2.38. The van der Waals surface area contributed by atoms with Crippen LogP contribution in [0.4, 0.5) is 8.78 Å². The third kappa shape index (κ3) is 3.31. The second kappa shape index (κ2) is 7.19. The molecule has 0 radical (unpaired) electrons. The largest absolute Gasteiger partial charge is 0.478 e. The summed E-state index contributed by atoms with van der Waals surface area (Å²) in [6.45, 7) is 0. The number of alkyl halides is 1. The smallest absolute Gasteiger partial charge is 0.335 e. The highest BCUT2D eigenvalue weighted by atomic mass is 79.9. The topological polar surface area (TPSA) is 74.6 Å². The molecule has 1 aromatic carbocycles. The van der Waals surface area contributed by atoms with Crippen LogP contribution in [0.2, 0.25) is 5.02 Å². The molecule has 5 nitrogen and oxygen atoms in total. The zero-order chi connectivity index (χ0) is 18.1. The van der Waals surface area contributed by atoms with Crippen molar-refractivity contribution >= 4 is 50.7 Å². The van der Waals surface area contributed by atoms with Gasteiger partial charge in [0, 0.05) is 28.2 Å². The number of aliphatic carboxylic acids is 1. The molecule has 1 aliphatic heterocycles. The Labute approximate surface area is 158 Å². The predicted molar refractivity (Wildman–Crippen MR) is 94.4 cm³/mol. The first-order valence-corrected chi connectivity index (χ1v) is 9.22. The Morgan fingerprint density at radius 3 is 2.80 bits per heavy atom. The van der Waals surface area contributed by atoms with Crippen molar-refractivity contribution < 1.29 is 18.7 Å². The molecule has 1 aliphatic rings. The van der Waals surface area contributed by atoms with Crippen molar-refractivity contribution in [3.05, 3.63) is 62.2 Å². The lowest BCUT2D eigenvalue weighted by atomic mass is 9.96. The van der Waals surface area contributed by atoms with Gasteiger partial charge in [0.15, 0.2) is 22.5 Å². The van der Waals surface area contributed by atoms with Gasteiger partial charge in [-0.3, -0.25) is 4.99 Å². The molecule has 0 spiro atoms. The van der Waals surface area contributed by atoms with E-state index in [0.29, 0.717) is 16.5 Å². The highest BCUT2D eigenvalue weighted by Gasteiger charge is 2.33. The minimum atomic E-state index is -1.24. The molecule has 2 heterocycles. The molecular weight excluding hydrogens is 440 g/mol. The number of thiazole rings is 1. The van der Waals surface area contributed by atoms with Gasteiger partial charge < -0.3 is 10.4 Å². The fraction of sp³-hybridized carbons (Fsp3) is 0.133. The van der Waals surface area contributed by atoms with E-state index < -0.39 is 28.7 Å². The van der Waals surface area contributed by atoms with E-state index in [-0.39, 0.29) is 16.5 Å². The van der Waals surface area contributed by atoms with Crippen molar-refractivity contribution in [3.63, 3.8) is 0 Å². The summed E-state index contributed by atoms with van der Waals surface area (Å²) >= 11 is 10.5. The van der Waals surface area contributed by atoms with E-state index in [1.54, 1.807) is 11.6 Å². The maximum atomic E-state index is 13.9. The number of allylic oxidation sites excluding steroid dienone is 1. The molecule has 3 rings (SSSR count). The Kier molecular flexibility index (Phi) is 5.16. The van der Waals surface area contributed by atoms with Crippen LogP contribution in [0.15, 0.2) is 40.0 Å². The van der Waals surface area contributed by atoms with Crippen molar-refractivity contribution in [1.29, 1.82) is 0 Å². The third-order valence-electron chi connectivity index (χ3n) is 3.48. The van der Waals surface area contributed by atoms with Crippen molar-refractivity contribution in [2.45, 2.75) is 6.04 Å². The summed E-state index contributed by atoms with van der Waals surface area (Å²) in [6, 6.07) is 1.02. The molecule has 0 amide bonds. The maximum absolute atomic E-state index is 13.9. The van der Waals surface area contributed by atoms with Gasteiger partial charge in [-0.1, -0.05) is 33.6 Å². The molecule has 0 unspecified atom stereocenters. The molecular formula is C15H9BrClF2N3O2S. The monoisotopic (exact) mass is 447 g/mol. The second-order valence-electron chi connectivity index (χ2n) is 4.94. The van der Waals surface area contributed by atoms with Crippen molar-refractivity contribution in [2.24, 2.45) is 4.99 Å². The van der Waals surface area contributed by atoms with Crippen LogP contribution in [0, 0.1) is 11.6 Å². The summed E-state index contributed by atoms with van der Waals surface area (Å²) in [6.07, 6.45) is 1.58. The van der Waals surface area contributed by atoms with Gasteiger partial charge in [-0.15, -0.1) is 11.3 Å². The van der Waals surface area contributed by atoms with Crippen molar-refractivity contribution in [3.8, 4) is 0 Å². The molecule has 0 saturated carbocycles. The molecule has 0 aliphatic carbocycles. The van der Waals surface area contributed by atoms with Gasteiger partial charge in [0.1, 0.15) is 6.04 Å². The molecule has 1 aromatic heterocycles. The Hall–Kier alpha value is -1.84. The van der Waals surface area contributed by atoms with Gasteiger partial charge >= 0.3 is 5.97 Å². The number of halogens is 4. The molecule has 0 bridgehead atoms. The van der Waals surface area contributed by atoms with Gasteiger partial charge in [0.05, 0.1) is 10.6 Å².